The molecule has 2 aliphatic heterocycles. The van der Waals surface area contributed by atoms with Gasteiger partial charge in [0.25, 0.3) is 0 Å². The number of thioether (sulfide) groups is 1. The molecule has 1 N–H and O–H groups in total. The number of esters is 1. The Balaban J connectivity index is 1.69. The van der Waals surface area contributed by atoms with Crippen LogP contribution in [0.3, 0.4) is 0 Å². The van der Waals surface area contributed by atoms with E-state index in [0.717, 1.165) is 23.2 Å². The number of carbonyl (C=O) groups is 2. The average Bonchev–Trinajstić information content (AvgIpc) is 3.28. The minimum Gasteiger partial charge on any atom is -0.496 e. The number of hydrogen-bond donors (Lipinski definition) is 1. The van der Waals surface area contributed by atoms with Gasteiger partial charge in [-0.15, -0.1) is 0 Å². The zero-order valence-electron chi connectivity index (χ0n) is 21.0. The molecular weight excluding hydrogens is 474 g/mol. The van der Waals surface area contributed by atoms with Crippen LogP contribution >= 0.6 is 11.8 Å². The van der Waals surface area contributed by atoms with E-state index in [1.807, 2.05) is 85.7 Å². The zero-order valence-corrected chi connectivity index (χ0v) is 21.8. The maximum Gasteiger partial charge on any atom is 0.338 e. The molecule has 0 spiro atoms. The van der Waals surface area contributed by atoms with Crippen molar-refractivity contribution in [3.8, 4) is 5.75 Å². The van der Waals surface area contributed by atoms with Crippen LogP contribution in [0.4, 0.5) is 0 Å². The van der Waals surface area contributed by atoms with Crippen LogP contribution in [0.15, 0.2) is 82.0 Å². The number of amides is 1. The number of ether oxygens (including phenoxy) is 2. The lowest BCUT2D eigenvalue weighted by atomic mass is 9.93. The highest BCUT2D eigenvalue weighted by molar-refractivity contribution is 8.16. The highest BCUT2D eigenvalue weighted by atomic mass is 32.2. The number of hydrogen-bond acceptors (Lipinski definition) is 7. The first-order valence-electron chi connectivity index (χ1n) is 12.0. The monoisotopic (exact) mass is 505 g/mol. The zero-order chi connectivity index (χ0) is 25.7. The first-order valence-corrected chi connectivity index (χ1v) is 12.9. The summed E-state index contributed by atoms with van der Waals surface area (Å²) in [5.74, 6) is 0.122. The lowest BCUT2D eigenvalue weighted by Crippen LogP contribution is -2.39. The summed E-state index contributed by atoms with van der Waals surface area (Å²) < 4.78 is 11.4. The smallest absolute Gasteiger partial charge is 0.338 e. The molecule has 0 unspecified atom stereocenters. The van der Waals surface area contributed by atoms with E-state index in [9.17, 15) is 9.59 Å². The van der Waals surface area contributed by atoms with Crippen molar-refractivity contribution in [3.63, 3.8) is 0 Å². The summed E-state index contributed by atoms with van der Waals surface area (Å²) in [4.78, 5) is 33.0. The van der Waals surface area contributed by atoms with Crippen LogP contribution in [0, 0.1) is 0 Å². The van der Waals surface area contributed by atoms with E-state index < -0.39 is 12.0 Å². The molecule has 8 heteroatoms. The summed E-state index contributed by atoms with van der Waals surface area (Å²) in [6, 6.07) is 16.7. The van der Waals surface area contributed by atoms with Gasteiger partial charge in [-0.1, -0.05) is 67.2 Å². The second-order valence-electron chi connectivity index (χ2n) is 8.75. The molecule has 0 aromatic heterocycles. The Morgan fingerprint density at radius 3 is 2.58 bits per heavy atom. The van der Waals surface area contributed by atoms with Crippen LogP contribution in [0.2, 0.25) is 0 Å². The molecule has 2 aromatic rings. The fraction of sp³-hybridized carbons (Fsp3) is 0.321. The predicted octanol–water partition coefficient (Wildman–Crippen LogP) is 5.32. The van der Waals surface area contributed by atoms with Crippen molar-refractivity contribution in [1.82, 2.24) is 10.2 Å². The summed E-state index contributed by atoms with van der Waals surface area (Å²) in [7, 11) is 1.61. The van der Waals surface area contributed by atoms with Crippen LogP contribution in [0.25, 0.3) is 0 Å². The van der Waals surface area contributed by atoms with Gasteiger partial charge in [0.05, 0.1) is 30.8 Å². The highest BCUT2D eigenvalue weighted by Crippen LogP contribution is 2.46. The molecule has 0 radical (unpaired) electrons. The standard InChI is InChI=1S/C28H31N3O4S/c1-5-18(2)29-24(32)15-21-17-36-28-30-19(3)25(27(33)35-16-20-11-7-6-8-12-20)26(31(21)28)22-13-9-10-14-23(22)34-4/h6-14,17-18,26H,5,15-16H2,1-4H3,(H,29,32)/t18-,26-/m1/s1. The van der Waals surface area contributed by atoms with Gasteiger partial charge >= 0.3 is 5.97 Å². The Kier molecular flexibility index (Phi) is 8.15. The molecule has 36 heavy (non-hydrogen) atoms. The molecular formula is C28H31N3O4S. The number of nitrogens with zero attached hydrogens (tertiary/aromatic N) is 2. The van der Waals surface area contributed by atoms with Crippen molar-refractivity contribution >= 4 is 28.8 Å². The highest BCUT2D eigenvalue weighted by Gasteiger charge is 2.42. The molecule has 2 aromatic carbocycles. The van der Waals surface area contributed by atoms with Gasteiger partial charge in [0, 0.05) is 17.3 Å². The fourth-order valence-electron chi connectivity index (χ4n) is 4.21. The molecule has 188 valence electrons. The first-order chi connectivity index (χ1) is 17.4. The number of benzene rings is 2. The molecule has 0 saturated heterocycles. The average molecular weight is 506 g/mol. The SMILES string of the molecule is CC[C@@H](C)NC(=O)CC1=CSC2=NC(C)=C(C(=O)OCc3ccccc3)[C@@H](c3ccccc3OC)N12. The molecule has 0 fully saturated rings. The Bertz CT molecular complexity index is 1220. The van der Waals surface area contributed by atoms with Crippen molar-refractivity contribution in [2.24, 2.45) is 4.99 Å². The van der Waals surface area contributed by atoms with Gasteiger partial charge in [0.1, 0.15) is 12.4 Å². The van der Waals surface area contributed by atoms with Gasteiger partial charge < -0.3 is 19.7 Å². The number of rotatable bonds is 9. The summed E-state index contributed by atoms with van der Waals surface area (Å²) in [6.07, 6.45) is 1.02. The molecule has 2 heterocycles. The fourth-order valence-corrected chi connectivity index (χ4v) is 5.17. The molecule has 0 saturated carbocycles. The number of fused-ring (bicyclic) bond motifs is 1. The summed E-state index contributed by atoms with van der Waals surface area (Å²) >= 11 is 1.45. The normalized spacial score (nSPS) is 17.7. The van der Waals surface area contributed by atoms with Crippen molar-refractivity contribution in [3.05, 3.63) is 88.1 Å². The number of methoxy groups -OCH3 is 1. The number of nitrogens with one attached hydrogen (secondary N) is 1. The van der Waals surface area contributed by atoms with Crippen molar-refractivity contribution in [2.75, 3.05) is 7.11 Å². The van der Waals surface area contributed by atoms with Gasteiger partial charge in [-0.05, 0) is 37.3 Å². The van der Waals surface area contributed by atoms with Gasteiger partial charge in [-0.25, -0.2) is 9.79 Å². The van der Waals surface area contributed by atoms with Gasteiger partial charge in [0.15, 0.2) is 5.17 Å². The number of allylic oxidation sites excluding steroid dienone is 1. The molecule has 1 amide bonds. The number of carbonyl (C=O) groups excluding carboxylic acids is 2. The molecule has 4 rings (SSSR count). The van der Waals surface area contributed by atoms with Gasteiger partial charge in [-0.2, -0.15) is 0 Å². The van der Waals surface area contributed by atoms with Crippen molar-refractivity contribution in [2.45, 2.75) is 52.3 Å². The molecule has 0 bridgehead atoms. The van der Waals surface area contributed by atoms with Gasteiger partial charge in [-0.3, -0.25) is 4.79 Å². The van der Waals surface area contributed by atoms with E-state index >= 15 is 0 Å². The van der Waals surface area contributed by atoms with Crippen LogP contribution in [0.1, 0.15) is 50.8 Å². The third kappa shape index (κ3) is 5.49. The molecule has 2 aliphatic rings. The second-order valence-corrected chi connectivity index (χ2v) is 9.59. The molecule has 2 atom stereocenters. The lowest BCUT2D eigenvalue weighted by Gasteiger charge is -2.36. The summed E-state index contributed by atoms with van der Waals surface area (Å²) in [5.41, 5.74) is 3.48. The predicted molar refractivity (Wildman–Crippen MR) is 142 cm³/mol. The second kappa shape index (κ2) is 11.5. The first kappa shape index (κ1) is 25.6. The summed E-state index contributed by atoms with van der Waals surface area (Å²) in [6.45, 7) is 5.98. The Morgan fingerprint density at radius 2 is 1.86 bits per heavy atom. The third-order valence-corrected chi connectivity index (χ3v) is 7.12. The number of aliphatic imine (C=N–C) groups is 1. The largest absolute Gasteiger partial charge is 0.496 e. The minimum absolute atomic E-state index is 0.0734. The van der Waals surface area contributed by atoms with E-state index in [-0.39, 0.29) is 25.0 Å². The third-order valence-electron chi connectivity index (χ3n) is 6.23. The number of para-hydroxylation sites is 1. The van der Waals surface area contributed by atoms with Crippen molar-refractivity contribution in [1.29, 1.82) is 0 Å². The van der Waals surface area contributed by atoms with Crippen molar-refractivity contribution < 1.29 is 19.1 Å². The van der Waals surface area contributed by atoms with E-state index in [2.05, 4.69) is 5.32 Å². The Morgan fingerprint density at radius 1 is 1.14 bits per heavy atom. The van der Waals surface area contributed by atoms with E-state index in [1.54, 1.807) is 7.11 Å². The molecule has 0 aliphatic carbocycles. The van der Waals surface area contributed by atoms with Crippen LogP contribution in [-0.4, -0.2) is 35.1 Å². The topological polar surface area (TPSA) is 80.2 Å². The quantitative estimate of drug-likeness (QED) is 0.465. The maximum absolute atomic E-state index is 13.5. The van der Waals surface area contributed by atoms with E-state index in [4.69, 9.17) is 14.5 Å². The molecule has 7 nitrogen and oxygen atoms in total. The van der Waals surface area contributed by atoms with Crippen LogP contribution in [0.5, 0.6) is 5.75 Å². The van der Waals surface area contributed by atoms with Crippen LogP contribution in [-0.2, 0) is 20.9 Å². The van der Waals surface area contributed by atoms with Gasteiger partial charge in [0.2, 0.25) is 5.91 Å². The minimum atomic E-state index is -0.547. The maximum atomic E-state index is 13.5. The Labute approximate surface area is 216 Å². The summed E-state index contributed by atoms with van der Waals surface area (Å²) in [5, 5.41) is 5.68. The van der Waals surface area contributed by atoms with E-state index in [0.29, 0.717) is 22.2 Å². The Hall–Kier alpha value is -3.52. The lowest BCUT2D eigenvalue weighted by molar-refractivity contribution is -0.141. The van der Waals surface area contributed by atoms with E-state index in [1.165, 1.54) is 11.8 Å². The van der Waals surface area contributed by atoms with Crippen LogP contribution < -0.4 is 10.1 Å². The number of amidine groups is 1.